The second-order valence-electron chi connectivity index (χ2n) is 6.23. The number of fused-ring (bicyclic) bond motifs is 1. The summed E-state index contributed by atoms with van der Waals surface area (Å²) in [5.41, 5.74) is -0.375. The van der Waals surface area contributed by atoms with Gasteiger partial charge < -0.3 is 20.0 Å². The third-order valence-corrected chi connectivity index (χ3v) is 3.86. The van der Waals surface area contributed by atoms with E-state index >= 15 is 0 Å². The van der Waals surface area contributed by atoms with Gasteiger partial charge >= 0.3 is 17.1 Å². The molecular formula is C17H21N3O5. The van der Waals surface area contributed by atoms with E-state index in [9.17, 15) is 24.3 Å². The highest BCUT2D eigenvalue weighted by molar-refractivity contribution is 5.99. The zero-order valence-electron chi connectivity index (χ0n) is 14.3. The maximum Gasteiger partial charge on any atom is 0.326 e. The monoisotopic (exact) mass is 347 g/mol. The van der Waals surface area contributed by atoms with E-state index in [1.54, 1.807) is 13.0 Å². The van der Waals surface area contributed by atoms with Gasteiger partial charge in [0.1, 0.15) is 6.04 Å². The number of nitrogens with zero attached hydrogens (tertiary/aromatic N) is 1. The summed E-state index contributed by atoms with van der Waals surface area (Å²) in [6.45, 7) is 5.80. The van der Waals surface area contributed by atoms with Gasteiger partial charge in [0.05, 0.1) is 11.0 Å². The number of benzene rings is 1. The zero-order chi connectivity index (χ0) is 18.7. The van der Waals surface area contributed by atoms with E-state index in [4.69, 9.17) is 0 Å². The number of carbonyl (C=O) groups excluding carboxylic acids is 1. The van der Waals surface area contributed by atoms with Gasteiger partial charge in [-0.2, -0.15) is 0 Å². The number of hydrogen-bond donors (Lipinski definition) is 3. The molecule has 0 spiro atoms. The minimum absolute atomic E-state index is 0.105. The van der Waals surface area contributed by atoms with E-state index in [0.717, 1.165) is 0 Å². The standard InChI is InChI=1S/C17H21N3O5/c1-4-20-13-6-5-10(8-11(13)18-15(22)16(20)23)14(21)19-12(17(24)25)7-9(2)3/h5-6,8-9,12H,4,7H2,1-3H3,(H,18,22)(H,19,21)(H,24,25)/t12-/m0/s1. The lowest BCUT2D eigenvalue weighted by Gasteiger charge is -2.16. The molecule has 0 bridgehead atoms. The number of rotatable bonds is 6. The quantitative estimate of drug-likeness (QED) is 0.672. The lowest BCUT2D eigenvalue weighted by molar-refractivity contribution is -0.139. The summed E-state index contributed by atoms with van der Waals surface area (Å²) in [7, 11) is 0. The molecule has 0 aliphatic carbocycles. The summed E-state index contributed by atoms with van der Waals surface area (Å²) >= 11 is 0. The molecule has 2 rings (SSSR count). The summed E-state index contributed by atoms with van der Waals surface area (Å²) in [5.74, 6) is -1.55. The van der Waals surface area contributed by atoms with E-state index in [1.807, 2.05) is 13.8 Å². The van der Waals surface area contributed by atoms with Crippen molar-refractivity contribution < 1.29 is 14.7 Å². The van der Waals surface area contributed by atoms with Crippen molar-refractivity contribution >= 4 is 22.9 Å². The second kappa shape index (κ2) is 7.33. The Balaban J connectivity index is 2.40. The Morgan fingerprint density at radius 2 is 1.96 bits per heavy atom. The predicted octanol–water partition coefficient (Wildman–Crippen LogP) is 0.939. The molecule has 0 fully saturated rings. The fourth-order valence-electron chi connectivity index (χ4n) is 2.67. The molecule has 0 saturated carbocycles. The van der Waals surface area contributed by atoms with Crippen LogP contribution in [0.1, 0.15) is 37.6 Å². The van der Waals surface area contributed by atoms with Crippen LogP contribution in [0.25, 0.3) is 11.0 Å². The van der Waals surface area contributed by atoms with Crippen LogP contribution >= 0.6 is 0 Å². The first-order valence-electron chi connectivity index (χ1n) is 8.05. The fraction of sp³-hybridized carbons (Fsp3) is 0.412. The lowest BCUT2D eigenvalue weighted by atomic mass is 10.0. The molecule has 1 heterocycles. The molecule has 1 amide bonds. The third kappa shape index (κ3) is 3.96. The molecule has 3 N–H and O–H groups in total. The normalized spacial score (nSPS) is 12.3. The van der Waals surface area contributed by atoms with Crippen LogP contribution in [0.4, 0.5) is 0 Å². The number of nitrogens with one attached hydrogen (secondary N) is 2. The van der Waals surface area contributed by atoms with Gasteiger partial charge in [0.15, 0.2) is 0 Å². The van der Waals surface area contributed by atoms with Crippen LogP contribution in [-0.4, -0.2) is 32.6 Å². The van der Waals surface area contributed by atoms with E-state index < -0.39 is 29.0 Å². The topological polar surface area (TPSA) is 121 Å². The number of aryl methyl sites for hydroxylation is 1. The fourth-order valence-corrected chi connectivity index (χ4v) is 2.67. The van der Waals surface area contributed by atoms with Gasteiger partial charge in [-0.25, -0.2) is 4.79 Å². The molecule has 1 atom stereocenters. The molecule has 134 valence electrons. The maximum absolute atomic E-state index is 12.4. The largest absolute Gasteiger partial charge is 0.480 e. The average Bonchev–Trinajstić information content (AvgIpc) is 2.54. The van der Waals surface area contributed by atoms with Crippen molar-refractivity contribution in [2.45, 2.75) is 39.8 Å². The number of carboxylic acid groups (broad SMARTS) is 1. The van der Waals surface area contributed by atoms with Gasteiger partial charge in [-0.1, -0.05) is 13.8 Å². The smallest absolute Gasteiger partial charge is 0.326 e. The summed E-state index contributed by atoms with van der Waals surface area (Å²) in [6, 6.07) is 3.50. The Morgan fingerprint density at radius 3 is 2.52 bits per heavy atom. The van der Waals surface area contributed by atoms with Gasteiger partial charge in [0.2, 0.25) is 0 Å². The highest BCUT2D eigenvalue weighted by Crippen LogP contribution is 2.13. The van der Waals surface area contributed by atoms with Crippen LogP contribution in [0.15, 0.2) is 27.8 Å². The number of aliphatic carboxylic acids is 1. The van der Waals surface area contributed by atoms with Crippen molar-refractivity contribution in [3.63, 3.8) is 0 Å². The van der Waals surface area contributed by atoms with Crippen LogP contribution in [0.3, 0.4) is 0 Å². The molecule has 0 unspecified atom stereocenters. The number of aromatic nitrogens is 2. The van der Waals surface area contributed by atoms with E-state index in [1.165, 1.54) is 16.7 Å². The first kappa shape index (κ1) is 18.4. The molecular weight excluding hydrogens is 326 g/mol. The minimum Gasteiger partial charge on any atom is -0.480 e. The molecule has 1 aromatic carbocycles. The summed E-state index contributed by atoms with van der Waals surface area (Å²) in [4.78, 5) is 49.6. The van der Waals surface area contributed by atoms with Gasteiger partial charge in [-0.05, 0) is 37.5 Å². The Kier molecular flexibility index (Phi) is 5.41. The molecule has 0 saturated heterocycles. The van der Waals surface area contributed by atoms with Gasteiger partial charge in [0.25, 0.3) is 5.91 Å². The van der Waals surface area contributed by atoms with Crippen LogP contribution in [0, 0.1) is 5.92 Å². The summed E-state index contributed by atoms with van der Waals surface area (Å²) in [6.07, 6.45) is 0.306. The minimum atomic E-state index is -1.10. The molecule has 2 aromatic rings. The van der Waals surface area contributed by atoms with Crippen LogP contribution < -0.4 is 16.4 Å². The van der Waals surface area contributed by atoms with Crippen molar-refractivity contribution in [1.82, 2.24) is 14.9 Å². The Labute approximate surface area is 143 Å². The first-order valence-corrected chi connectivity index (χ1v) is 8.05. The highest BCUT2D eigenvalue weighted by Gasteiger charge is 2.22. The zero-order valence-corrected chi connectivity index (χ0v) is 14.3. The van der Waals surface area contributed by atoms with Crippen LogP contribution in [-0.2, 0) is 11.3 Å². The number of hydrogen-bond acceptors (Lipinski definition) is 4. The number of aromatic amines is 1. The van der Waals surface area contributed by atoms with E-state index in [0.29, 0.717) is 24.0 Å². The van der Waals surface area contributed by atoms with Crippen molar-refractivity contribution in [2.24, 2.45) is 5.92 Å². The van der Waals surface area contributed by atoms with Gasteiger partial charge in [0, 0.05) is 12.1 Å². The van der Waals surface area contributed by atoms with E-state index in [-0.39, 0.29) is 11.5 Å². The predicted molar refractivity (Wildman–Crippen MR) is 92.8 cm³/mol. The molecule has 8 heteroatoms. The average molecular weight is 347 g/mol. The van der Waals surface area contributed by atoms with Crippen molar-refractivity contribution in [1.29, 1.82) is 0 Å². The summed E-state index contributed by atoms with van der Waals surface area (Å²) in [5, 5.41) is 11.7. The van der Waals surface area contributed by atoms with Crippen molar-refractivity contribution in [3.8, 4) is 0 Å². The Hall–Kier alpha value is -2.90. The molecule has 25 heavy (non-hydrogen) atoms. The highest BCUT2D eigenvalue weighted by atomic mass is 16.4. The summed E-state index contributed by atoms with van der Waals surface area (Å²) < 4.78 is 1.31. The third-order valence-electron chi connectivity index (χ3n) is 3.86. The second-order valence-corrected chi connectivity index (χ2v) is 6.23. The van der Waals surface area contributed by atoms with Gasteiger partial charge in [-0.15, -0.1) is 0 Å². The van der Waals surface area contributed by atoms with Crippen LogP contribution in [0.5, 0.6) is 0 Å². The van der Waals surface area contributed by atoms with Crippen molar-refractivity contribution in [2.75, 3.05) is 0 Å². The molecule has 0 radical (unpaired) electrons. The molecule has 8 nitrogen and oxygen atoms in total. The Bertz CT molecular complexity index is 926. The van der Waals surface area contributed by atoms with Gasteiger partial charge in [-0.3, -0.25) is 14.4 Å². The number of carbonyl (C=O) groups is 2. The molecule has 1 aromatic heterocycles. The number of amides is 1. The maximum atomic E-state index is 12.4. The van der Waals surface area contributed by atoms with Crippen molar-refractivity contribution in [3.05, 3.63) is 44.5 Å². The first-order chi connectivity index (χ1) is 11.7. The SMILES string of the molecule is CCn1c(=O)c(=O)[nH]c2cc(C(=O)N[C@@H](CC(C)C)C(=O)O)ccc21. The Morgan fingerprint density at radius 1 is 1.28 bits per heavy atom. The van der Waals surface area contributed by atoms with Crippen LogP contribution in [0.2, 0.25) is 0 Å². The molecule has 0 aliphatic heterocycles. The number of carboxylic acids is 1. The number of H-pyrrole nitrogens is 1. The lowest BCUT2D eigenvalue weighted by Crippen LogP contribution is -2.41. The van der Waals surface area contributed by atoms with E-state index in [2.05, 4.69) is 10.3 Å². The molecule has 0 aliphatic rings.